The molecule has 0 saturated carbocycles. The first-order chi connectivity index (χ1) is 11.1. The molecular formula is C13H19IN4O5Si. The van der Waals surface area contributed by atoms with Crippen LogP contribution in [0.4, 0.5) is 0 Å². The van der Waals surface area contributed by atoms with Gasteiger partial charge in [0.2, 0.25) is 5.88 Å². The van der Waals surface area contributed by atoms with Crippen molar-refractivity contribution >= 4 is 41.8 Å². The van der Waals surface area contributed by atoms with E-state index in [0.717, 1.165) is 0 Å². The first kappa shape index (κ1) is 17.9. The summed E-state index contributed by atoms with van der Waals surface area (Å²) in [6.45, 7) is 5.25. The molecule has 0 spiro atoms. The lowest BCUT2D eigenvalue weighted by Gasteiger charge is -2.45. The second-order valence-electron chi connectivity index (χ2n) is 6.87. The van der Waals surface area contributed by atoms with E-state index >= 15 is 0 Å². The van der Waals surface area contributed by atoms with Crippen molar-refractivity contribution in [2.45, 2.75) is 40.8 Å². The van der Waals surface area contributed by atoms with E-state index in [1.807, 2.05) is 19.6 Å². The second-order valence-corrected chi connectivity index (χ2v) is 13.8. The minimum Gasteiger partial charge on any atom is -0.492 e. The minimum absolute atomic E-state index is 0.170. The molecule has 0 bridgehead atoms. The van der Waals surface area contributed by atoms with Gasteiger partial charge in [0.05, 0.1) is 21.0 Å². The van der Waals surface area contributed by atoms with Crippen LogP contribution < -0.4 is 0 Å². The molecule has 1 saturated heterocycles. The summed E-state index contributed by atoms with van der Waals surface area (Å²) >= 11 is 1.74. The molecule has 9 nitrogen and oxygen atoms in total. The van der Waals surface area contributed by atoms with Crippen LogP contribution >= 0.6 is 22.6 Å². The van der Waals surface area contributed by atoms with Crippen molar-refractivity contribution in [2.24, 2.45) is 0 Å². The van der Waals surface area contributed by atoms with Gasteiger partial charge in [-0.05, 0) is 22.6 Å². The van der Waals surface area contributed by atoms with Crippen molar-refractivity contribution in [3.8, 4) is 5.88 Å². The molecule has 3 rings (SSSR count). The SMILES string of the molecule is C[Si](C)(C)[C@]1(O)[C@H](n2cnc3c(O)ncnc32)O[C@H](CO)[C@]1(O)I. The molecule has 0 unspecified atom stereocenters. The van der Waals surface area contributed by atoms with Crippen LogP contribution in [0.5, 0.6) is 5.88 Å². The number of hydrogen-bond donors (Lipinski definition) is 4. The van der Waals surface area contributed by atoms with E-state index in [9.17, 15) is 20.4 Å². The number of alkyl halides is 1. The number of imidazole rings is 1. The molecule has 0 amide bonds. The maximum Gasteiger partial charge on any atom is 0.242 e. The lowest BCUT2D eigenvalue weighted by molar-refractivity contribution is -0.0662. The lowest BCUT2D eigenvalue weighted by Crippen LogP contribution is -2.67. The Balaban J connectivity index is 2.23. The van der Waals surface area contributed by atoms with E-state index in [4.69, 9.17) is 4.74 Å². The van der Waals surface area contributed by atoms with Crippen molar-refractivity contribution in [1.82, 2.24) is 19.5 Å². The topological polar surface area (TPSA) is 134 Å². The number of hydrogen-bond acceptors (Lipinski definition) is 8. The van der Waals surface area contributed by atoms with E-state index < -0.39 is 35.8 Å². The molecule has 1 aliphatic rings. The number of ether oxygens (including phenoxy) is 1. The highest BCUT2D eigenvalue weighted by molar-refractivity contribution is 14.1. The van der Waals surface area contributed by atoms with E-state index in [1.54, 1.807) is 22.6 Å². The molecule has 0 radical (unpaired) electrons. The van der Waals surface area contributed by atoms with Crippen LogP contribution in [0.25, 0.3) is 11.2 Å². The number of rotatable bonds is 3. The summed E-state index contributed by atoms with van der Waals surface area (Å²) in [6, 6.07) is 0. The summed E-state index contributed by atoms with van der Waals surface area (Å²) in [5, 5.41) is 40.3. The van der Waals surface area contributed by atoms with E-state index in [0.29, 0.717) is 0 Å². The Morgan fingerprint density at radius 1 is 1.29 bits per heavy atom. The Labute approximate surface area is 152 Å². The van der Waals surface area contributed by atoms with Crippen molar-refractivity contribution in [2.75, 3.05) is 6.61 Å². The molecule has 2 aromatic heterocycles. The van der Waals surface area contributed by atoms with Gasteiger partial charge in [-0.25, -0.2) is 9.97 Å². The van der Waals surface area contributed by atoms with E-state index in [-0.39, 0.29) is 17.0 Å². The molecule has 4 N–H and O–H groups in total. The van der Waals surface area contributed by atoms with Crippen molar-refractivity contribution < 1.29 is 25.2 Å². The quantitative estimate of drug-likeness (QED) is 0.286. The normalized spacial score (nSPS) is 34.1. The second kappa shape index (κ2) is 5.57. The molecule has 3 heterocycles. The largest absolute Gasteiger partial charge is 0.492 e. The number of nitrogens with zero attached hydrogens (tertiary/aromatic N) is 4. The fourth-order valence-corrected chi connectivity index (χ4v) is 8.30. The van der Waals surface area contributed by atoms with E-state index in [2.05, 4.69) is 15.0 Å². The maximum absolute atomic E-state index is 11.5. The third kappa shape index (κ3) is 2.22. The van der Waals surface area contributed by atoms with Crippen LogP contribution in [-0.4, -0.2) is 69.6 Å². The number of aromatic hydroxyl groups is 1. The first-order valence-corrected chi connectivity index (χ1v) is 11.9. The fourth-order valence-electron chi connectivity index (χ4n) is 3.10. The smallest absolute Gasteiger partial charge is 0.242 e. The fraction of sp³-hybridized carbons (Fsp3) is 0.615. The van der Waals surface area contributed by atoms with Gasteiger partial charge >= 0.3 is 0 Å². The summed E-state index contributed by atoms with van der Waals surface area (Å²) in [6.07, 6.45) is 0.564. The van der Waals surface area contributed by atoms with Gasteiger partial charge in [0.15, 0.2) is 21.0 Å². The molecule has 2 aromatic rings. The monoisotopic (exact) mass is 466 g/mol. The van der Waals surface area contributed by atoms with Gasteiger partial charge in [-0.2, -0.15) is 4.98 Å². The minimum atomic E-state index is -2.45. The highest BCUT2D eigenvalue weighted by atomic mass is 127. The third-order valence-electron chi connectivity index (χ3n) is 4.51. The summed E-state index contributed by atoms with van der Waals surface area (Å²) in [7, 11) is -2.45. The summed E-state index contributed by atoms with van der Waals surface area (Å²) in [5.41, 5.74) is 0.443. The van der Waals surface area contributed by atoms with Gasteiger partial charge in [-0.15, -0.1) is 0 Å². The molecule has 1 aliphatic heterocycles. The number of fused-ring (bicyclic) bond motifs is 1. The Kier molecular flexibility index (Phi) is 4.16. The van der Waals surface area contributed by atoms with Crippen LogP contribution in [0.1, 0.15) is 6.23 Å². The molecule has 24 heavy (non-hydrogen) atoms. The highest BCUT2D eigenvalue weighted by Crippen LogP contribution is 2.54. The highest BCUT2D eigenvalue weighted by Gasteiger charge is 2.70. The third-order valence-corrected chi connectivity index (χ3v) is 9.45. The Hall–Kier alpha value is -0.863. The van der Waals surface area contributed by atoms with Crippen LogP contribution in [0.2, 0.25) is 19.6 Å². The van der Waals surface area contributed by atoms with Crippen LogP contribution in [-0.2, 0) is 4.74 Å². The van der Waals surface area contributed by atoms with Gasteiger partial charge in [-0.1, -0.05) is 19.6 Å². The van der Waals surface area contributed by atoms with Crippen LogP contribution in [0.3, 0.4) is 0 Å². The van der Waals surface area contributed by atoms with Gasteiger partial charge in [0.1, 0.15) is 17.7 Å². The van der Waals surface area contributed by atoms with Gasteiger partial charge in [0, 0.05) is 0 Å². The van der Waals surface area contributed by atoms with Gasteiger partial charge in [0.25, 0.3) is 0 Å². The Morgan fingerprint density at radius 2 is 1.96 bits per heavy atom. The molecule has 1 fully saturated rings. The predicted molar refractivity (Wildman–Crippen MR) is 95.2 cm³/mol. The molecule has 4 atom stereocenters. The molecule has 132 valence electrons. The summed E-state index contributed by atoms with van der Waals surface area (Å²) in [4.78, 5) is 11.8. The van der Waals surface area contributed by atoms with Crippen molar-refractivity contribution in [1.29, 1.82) is 0 Å². The van der Waals surface area contributed by atoms with Gasteiger partial charge in [-0.3, -0.25) is 4.57 Å². The zero-order valence-electron chi connectivity index (χ0n) is 13.4. The summed E-state index contributed by atoms with van der Waals surface area (Å²) < 4.78 is 5.59. The van der Waals surface area contributed by atoms with Crippen molar-refractivity contribution in [3.05, 3.63) is 12.7 Å². The number of halogens is 1. The molecule has 0 aliphatic carbocycles. The molecular weight excluding hydrogens is 447 g/mol. The standard InChI is InChI=1S/C13H19IN4O5Si/c1-24(2,3)13(22)11(23-7(4-19)12(13,14)21)18-6-17-8-9(18)15-5-16-10(8)20/h5-7,11,19,21-22H,4H2,1-3H3,(H,15,16,20)/t7-,11-,12-,13-/m1/s1. The predicted octanol–water partition coefficient (Wildman–Crippen LogP) is 0.154. The maximum atomic E-state index is 11.5. The zero-order chi connectivity index (χ0) is 17.9. The Bertz CT molecular complexity index is 779. The Morgan fingerprint density at radius 3 is 2.54 bits per heavy atom. The number of aliphatic hydroxyl groups is 3. The average molecular weight is 466 g/mol. The summed E-state index contributed by atoms with van der Waals surface area (Å²) in [5.74, 6) is -0.281. The van der Waals surface area contributed by atoms with E-state index in [1.165, 1.54) is 17.2 Å². The van der Waals surface area contributed by atoms with Crippen LogP contribution in [0.15, 0.2) is 12.7 Å². The first-order valence-electron chi connectivity index (χ1n) is 7.32. The molecule has 11 heteroatoms. The van der Waals surface area contributed by atoms with Crippen molar-refractivity contribution in [3.63, 3.8) is 0 Å². The molecule has 0 aromatic carbocycles. The number of aromatic nitrogens is 4. The average Bonchev–Trinajstić information content (AvgIpc) is 2.99. The van der Waals surface area contributed by atoms with Gasteiger partial charge < -0.3 is 25.2 Å². The lowest BCUT2D eigenvalue weighted by atomic mass is 10.1. The zero-order valence-corrected chi connectivity index (χ0v) is 16.5. The van der Waals surface area contributed by atoms with Crippen LogP contribution in [0, 0.1) is 0 Å². The number of aliphatic hydroxyl groups excluding tert-OH is 1.